The van der Waals surface area contributed by atoms with Crippen LogP contribution >= 0.6 is 12.4 Å². The van der Waals surface area contributed by atoms with Crippen molar-refractivity contribution in [3.05, 3.63) is 71.8 Å². The molecule has 0 aliphatic carbocycles. The zero-order chi connectivity index (χ0) is 17.5. The molecule has 1 aliphatic rings. The summed E-state index contributed by atoms with van der Waals surface area (Å²) in [4.78, 5) is 29.4. The fourth-order valence-electron chi connectivity index (χ4n) is 2.59. The minimum absolute atomic E-state index is 0. The van der Waals surface area contributed by atoms with Crippen LogP contribution in [0.1, 0.15) is 22.3 Å². The van der Waals surface area contributed by atoms with E-state index in [1.807, 2.05) is 36.4 Å². The van der Waals surface area contributed by atoms with Crippen molar-refractivity contribution in [3.8, 4) is 0 Å². The number of halogens is 1. The van der Waals surface area contributed by atoms with Crippen LogP contribution in [0.25, 0.3) is 0 Å². The van der Waals surface area contributed by atoms with Gasteiger partial charge in [0.05, 0.1) is 6.10 Å². The number of carbonyl (C=O) groups is 2. The number of rotatable bonds is 6. The molecule has 0 radical (unpaired) electrons. The summed E-state index contributed by atoms with van der Waals surface area (Å²) in [7, 11) is 0. The average molecular weight is 377 g/mol. The van der Waals surface area contributed by atoms with Gasteiger partial charge in [-0.15, -0.1) is 12.4 Å². The van der Waals surface area contributed by atoms with E-state index in [4.69, 9.17) is 9.57 Å². The standard InChI is InChI=1S/C19H20N2O4.ClH/c22-18(15-9-5-2-6-10-15)21-25-16-11-17(20-12-16)19(23)24-13-14-7-3-1-4-8-14;/h1-10,16-17,20H,11-13H2,(H,21,22);1H. The molecule has 2 aromatic rings. The highest BCUT2D eigenvalue weighted by molar-refractivity contribution is 5.93. The van der Waals surface area contributed by atoms with E-state index < -0.39 is 6.04 Å². The Morgan fingerprint density at radius 1 is 1.04 bits per heavy atom. The van der Waals surface area contributed by atoms with Gasteiger partial charge in [0, 0.05) is 18.5 Å². The fourth-order valence-corrected chi connectivity index (χ4v) is 2.59. The third-order valence-corrected chi connectivity index (χ3v) is 3.95. The van der Waals surface area contributed by atoms with Crippen LogP contribution in [0.3, 0.4) is 0 Å². The first-order valence-electron chi connectivity index (χ1n) is 8.17. The third kappa shape index (κ3) is 5.56. The second kappa shape index (κ2) is 9.91. The Kier molecular flexibility index (Phi) is 7.59. The minimum atomic E-state index is -0.428. The molecule has 1 heterocycles. The molecule has 1 saturated heterocycles. The Labute approximate surface area is 158 Å². The smallest absolute Gasteiger partial charge is 0.323 e. The highest BCUT2D eigenvalue weighted by Gasteiger charge is 2.31. The first-order valence-corrected chi connectivity index (χ1v) is 8.17. The van der Waals surface area contributed by atoms with E-state index in [9.17, 15) is 9.59 Å². The topological polar surface area (TPSA) is 76.7 Å². The van der Waals surface area contributed by atoms with Gasteiger partial charge in [0.15, 0.2) is 0 Å². The summed E-state index contributed by atoms with van der Waals surface area (Å²) in [5, 5.41) is 3.06. The molecule has 0 aromatic heterocycles. The van der Waals surface area contributed by atoms with Gasteiger partial charge >= 0.3 is 5.97 Å². The van der Waals surface area contributed by atoms with Gasteiger partial charge < -0.3 is 10.1 Å². The zero-order valence-electron chi connectivity index (χ0n) is 14.1. The van der Waals surface area contributed by atoms with Crippen molar-refractivity contribution >= 4 is 24.3 Å². The lowest BCUT2D eigenvalue weighted by Crippen LogP contribution is -2.32. The number of amides is 1. The predicted molar refractivity (Wildman–Crippen MR) is 98.7 cm³/mol. The van der Waals surface area contributed by atoms with Gasteiger partial charge in [-0.25, -0.2) is 5.48 Å². The molecule has 1 aliphatic heterocycles. The van der Waals surface area contributed by atoms with Gasteiger partial charge in [-0.1, -0.05) is 48.5 Å². The zero-order valence-corrected chi connectivity index (χ0v) is 14.9. The van der Waals surface area contributed by atoms with E-state index in [0.29, 0.717) is 18.5 Å². The molecular weight excluding hydrogens is 356 g/mol. The van der Waals surface area contributed by atoms with Crippen LogP contribution in [0.15, 0.2) is 60.7 Å². The summed E-state index contributed by atoms with van der Waals surface area (Å²) in [6.45, 7) is 0.717. The predicted octanol–water partition coefficient (Wildman–Crippen LogP) is 2.24. The van der Waals surface area contributed by atoms with Gasteiger partial charge in [-0.2, -0.15) is 0 Å². The van der Waals surface area contributed by atoms with Crippen LogP contribution in [0.5, 0.6) is 0 Å². The lowest BCUT2D eigenvalue weighted by Gasteiger charge is -2.12. The Hall–Kier alpha value is -2.41. The number of esters is 1. The lowest BCUT2D eigenvalue weighted by molar-refractivity contribution is -0.147. The maximum absolute atomic E-state index is 12.1. The number of hydroxylamine groups is 1. The summed E-state index contributed by atoms with van der Waals surface area (Å²) in [6.07, 6.45) is 0.171. The number of nitrogens with one attached hydrogen (secondary N) is 2. The van der Waals surface area contributed by atoms with E-state index in [1.54, 1.807) is 24.3 Å². The SMILES string of the molecule is Cl.O=C(NOC1CNC(C(=O)OCc2ccccc2)C1)c1ccccc1. The van der Waals surface area contributed by atoms with Gasteiger partial charge in [0.1, 0.15) is 12.6 Å². The molecule has 1 amide bonds. The quantitative estimate of drug-likeness (QED) is 0.597. The molecule has 0 spiro atoms. The molecule has 2 aromatic carbocycles. The molecule has 6 nitrogen and oxygen atoms in total. The normalized spacial score (nSPS) is 18.6. The van der Waals surface area contributed by atoms with E-state index in [2.05, 4.69) is 10.8 Å². The van der Waals surface area contributed by atoms with Gasteiger partial charge in [0.25, 0.3) is 5.91 Å². The third-order valence-electron chi connectivity index (χ3n) is 3.95. The fraction of sp³-hybridized carbons (Fsp3) is 0.263. The summed E-state index contributed by atoms with van der Waals surface area (Å²) >= 11 is 0. The molecule has 7 heteroatoms. The molecule has 138 valence electrons. The Morgan fingerprint density at radius 2 is 1.69 bits per heavy atom. The lowest BCUT2D eigenvalue weighted by atomic mass is 10.2. The first kappa shape index (κ1) is 19.9. The van der Waals surface area contributed by atoms with Crippen molar-refractivity contribution in [1.29, 1.82) is 0 Å². The van der Waals surface area contributed by atoms with E-state index in [1.165, 1.54) is 0 Å². The van der Waals surface area contributed by atoms with Crippen molar-refractivity contribution in [3.63, 3.8) is 0 Å². The molecular formula is C19H21ClN2O4. The number of carbonyl (C=O) groups excluding carboxylic acids is 2. The maximum Gasteiger partial charge on any atom is 0.323 e. The van der Waals surface area contributed by atoms with E-state index >= 15 is 0 Å². The number of hydrogen-bond donors (Lipinski definition) is 2. The Balaban J connectivity index is 0.00000243. The first-order chi connectivity index (χ1) is 12.2. The molecule has 2 N–H and O–H groups in total. The molecule has 0 saturated carbocycles. The number of benzene rings is 2. The summed E-state index contributed by atoms with van der Waals surface area (Å²) in [5.74, 6) is -0.625. The van der Waals surface area contributed by atoms with Crippen molar-refractivity contribution in [1.82, 2.24) is 10.8 Å². The van der Waals surface area contributed by atoms with Gasteiger partial charge in [0.2, 0.25) is 0 Å². The van der Waals surface area contributed by atoms with E-state index in [-0.39, 0.29) is 37.0 Å². The monoisotopic (exact) mass is 376 g/mol. The second-order valence-corrected chi connectivity index (χ2v) is 5.83. The highest BCUT2D eigenvalue weighted by atomic mass is 35.5. The molecule has 0 bridgehead atoms. The molecule has 2 unspecified atom stereocenters. The van der Waals surface area contributed by atoms with Crippen molar-refractivity contribution in [2.45, 2.75) is 25.2 Å². The summed E-state index contributed by atoms with van der Waals surface area (Å²) in [6, 6.07) is 17.9. The summed E-state index contributed by atoms with van der Waals surface area (Å²) < 4.78 is 5.31. The molecule has 2 atom stereocenters. The summed E-state index contributed by atoms with van der Waals surface area (Å²) in [5.41, 5.74) is 3.89. The maximum atomic E-state index is 12.1. The average Bonchev–Trinajstić information content (AvgIpc) is 3.15. The highest BCUT2D eigenvalue weighted by Crippen LogP contribution is 2.12. The Bertz CT molecular complexity index is 712. The molecule has 3 rings (SSSR count). The second-order valence-electron chi connectivity index (χ2n) is 5.83. The van der Waals surface area contributed by atoms with Crippen LogP contribution in [0, 0.1) is 0 Å². The van der Waals surface area contributed by atoms with Gasteiger partial charge in [-0.05, 0) is 17.7 Å². The van der Waals surface area contributed by atoms with Crippen LogP contribution < -0.4 is 10.8 Å². The van der Waals surface area contributed by atoms with Gasteiger partial charge in [-0.3, -0.25) is 14.4 Å². The van der Waals surface area contributed by atoms with Crippen LogP contribution in [-0.2, 0) is 21.0 Å². The molecule has 26 heavy (non-hydrogen) atoms. The number of ether oxygens (including phenoxy) is 1. The molecule has 1 fully saturated rings. The van der Waals surface area contributed by atoms with Crippen LogP contribution in [0.2, 0.25) is 0 Å². The van der Waals surface area contributed by atoms with Crippen molar-refractivity contribution in [2.24, 2.45) is 0 Å². The number of hydrogen-bond acceptors (Lipinski definition) is 5. The van der Waals surface area contributed by atoms with Crippen LogP contribution in [-0.4, -0.2) is 30.6 Å². The van der Waals surface area contributed by atoms with E-state index in [0.717, 1.165) is 5.56 Å². The van der Waals surface area contributed by atoms with Crippen LogP contribution in [0.4, 0.5) is 0 Å². The largest absolute Gasteiger partial charge is 0.460 e. The Morgan fingerprint density at radius 3 is 2.38 bits per heavy atom. The van der Waals surface area contributed by atoms with Crippen molar-refractivity contribution in [2.75, 3.05) is 6.54 Å². The minimum Gasteiger partial charge on any atom is -0.460 e. The van der Waals surface area contributed by atoms with Crippen molar-refractivity contribution < 1.29 is 19.2 Å².